The Morgan fingerprint density at radius 1 is 1.09 bits per heavy atom. The van der Waals surface area contributed by atoms with E-state index in [4.69, 9.17) is 0 Å². The molecular formula is C6H6F2O3. The molecule has 0 aromatic rings. The van der Waals surface area contributed by atoms with Crippen molar-refractivity contribution in [1.82, 2.24) is 0 Å². The molecule has 0 radical (unpaired) electrons. The average molecular weight is 164 g/mol. The summed E-state index contributed by atoms with van der Waals surface area (Å²) >= 11 is 0. The van der Waals surface area contributed by atoms with Crippen LogP contribution >= 0.6 is 0 Å². The fraction of sp³-hybridized carbons (Fsp3) is 0.667. The SMILES string of the molecule is O=C(F)[C@@H]1CC[C@H](C(=O)F)O1. The molecule has 1 aliphatic rings. The predicted octanol–water partition coefficient (Wildman–Crippen LogP) is 0.526. The van der Waals surface area contributed by atoms with Gasteiger partial charge in [-0.05, 0) is 12.8 Å². The second-order valence-electron chi connectivity index (χ2n) is 2.30. The third-order valence-corrected chi connectivity index (χ3v) is 1.53. The molecule has 0 spiro atoms. The normalized spacial score (nSPS) is 30.4. The van der Waals surface area contributed by atoms with Gasteiger partial charge in [0.25, 0.3) is 0 Å². The summed E-state index contributed by atoms with van der Waals surface area (Å²) in [6.07, 6.45) is -2.31. The summed E-state index contributed by atoms with van der Waals surface area (Å²) in [7, 11) is 0. The summed E-state index contributed by atoms with van der Waals surface area (Å²) in [5.41, 5.74) is 0. The van der Waals surface area contributed by atoms with Crippen molar-refractivity contribution in [3.05, 3.63) is 0 Å². The Balaban J connectivity index is 2.47. The molecule has 1 heterocycles. The van der Waals surface area contributed by atoms with Crippen molar-refractivity contribution in [3.8, 4) is 0 Å². The lowest BCUT2D eigenvalue weighted by Crippen LogP contribution is -2.21. The van der Waals surface area contributed by atoms with E-state index in [9.17, 15) is 18.4 Å². The molecule has 1 saturated heterocycles. The van der Waals surface area contributed by atoms with Crippen molar-refractivity contribution < 1.29 is 23.1 Å². The summed E-state index contributed by atoms with van der Waals surface area (Å²) in [5.74, 6) is 0. The van der Waals surface area contributed by atoms with Gasteiger partial charge in [0, 0.05) is 0 Å². The Labute approximate surface area is 61.3 Å². The van der Waals surface area contributed by atoms with Gasteiger partial charge in [0.1, 0.15) is 12.2 Å². The maximum absolute atomic E-state index is 11.8. The summed E-state index contributed by atoms with van der Waals surface area (Å²) in [5, 5.41) is 0. The third kappa shape index (κ3) is 1.80. The van der Waals surface area contributed by atoms with Gasteiger partial charge in [-0.25, -0.2) is 0 Å². The molecule has 0 unspecified atom stereocenters. The standard InChI is InChI=1S/C6H6F2O3/c7-5(9)3-1-2-4(11-3)6(8)10/h3-4H,1-2H2/t3-,4+. The first-order chi connectivity index (χ1) is 5.11. The van der Waals surface area contributed by atoms with Gasteiger partial charge >= 0.3 is 12.1 Å². The minimum absolute atomic E-state index is 0.0790. The highest BCUT2D eigenvalue weighted by molar-refractivity contribution is 5.77. The van der Waals surface area contributed by atoms with E-state index in [1.54, 1.807) is 0 Å². The largest absolute Gasteiger partial charge is 0.353 e. The first-order valence-corrected chi connectivity index (χ1v) is 3.15. The van der Waals surface area contributed by atoms with Crippen LogP contribution in [0.4, 0.5) is 8.78 Å². The van der Waals surface area contributed by atoms with Crippen LogP contribution in [0.15, 0.2) is 0 Å². The number of hydrogen-bond acceptors (Lipinski definition) is 3. The maximum Gasteiger partial charge on any atom is 0.330 e. The van der Waals surface area contributed by atoms with Crippen molar-refractivity contribution in [2.45, 2.75) is 25.0 Å². The first kappa shape index (κ1) is 8.26. The lowest BCUT2D eigenvalue weighted by molar-refractivity contribution is -0.148. The Bertz CT molecular complexity index is 172. The van der Waals surface area contributed by atoms with Crippen LogP contribution in [-0.4, -0.2) is 24.3 Å². The first-order valence-electron chi connectivity index (χ1n) is 3.15. The molecule has 3 nitrogen and oxygen atoms in total. The minimum atomic E-state index is -1.64. The molecule has 0 bridgehead atoms. The molecule has 1 fully saturated rings. The molecule has 0 aliphatic carbocycles. The van der Waals surface area contributed by atoms with E-state index in [0.717, 1.165) is 0 Å². The topological polar surface area (TPSA) is 43.4 Å². The number of carbonyl (C=O) groups excluding carboxylic acids is 2. The zero-order valence-electron chi connectivity index (χ0n) is 5.55. The van der Waals surface area contributed by atoms with Gasteiger partial charge < -0.3 is 4.74 Å². The van der Waals surface area contributed by atoms with Crippen molar-refractivity contribution in [2.24, 2.45) is 0 Å². The third-order valence-electron chi connectivity index (χ3n) is 1.53. The van der Waals surface area contributed by atoms with E-state index in [1.165, 1.54) is 0 Å². The average Bonchev–Trinajstić information content (AvgIpc) is 2.33. The van der Waals surface area contributed by atoms with Crippen LogP contribution in [0.1, 0.15) is 12.8 Å². The number of hydrogen-bond donors (Lipinski definition) is 0. The minimum Gasteiger partial charge on any atom is -0.353 e. The van der Waals surface area contributed by atoms with Crippen LogP contribution in [0.5, 0.6) is 0 Å². The van der Waals surface area contributed by atoms with Crippen LogP contribution in [-0.2, 0) is 14.3 Å². The highest BCUT2D eigenvalue weighted by atomic mass is 19.1. The Morgan fingerprint density at radius 2 is 1.45 bits per heavy atom. The number of carbonyl (C=O) groups is 2. The lowest BCUT2D eigenvalue weighted by Gasteiger charge is -2.03. The monoisotopic (exact) mass is 164 g/mol. The van der Waals surface area contributed by atoms with Gasteiger partial charge in [-0.2, -0.15) is 8.78 Å². The molecular weight excluding hydrogens is 158 g/mol. The van der Waals surface area contributed by atoms with E-state index in [-0.39, 0.29) is 12.8 Å². The van der Waals surface area contributed by atoms with E-state index < -0.39 is 24.3 Å². The highest BCUT2D eigenvalue weighted by Crippen LogP contribution is 2.21. The second-order valence-corrected chi connectivity index (χ2v) is 2.30. The smallest absolute Gasteiger partial charge is 0.330 e. The van der Waals surface area contributed by atoms with Gasteiger partial charge in [0.2, 0.25) is 0 Å². The molecule has 11 heavy (non-hydrogen) atoms. The van der Waals surface area contributed by atoms with Gasteiger partial charge in [-0.15, -0.1) is 0 Å². The van der Waals surface area contributed by atoms with E-state index in [1.807, 2.05) is 0 Å². The van der Waals surface area contributed by atoms with E-state index in [0.29, 0.717) is 0 Å². The maximum atomic E-state index is 11.8. The number of rotatable bonds is 2. The number of ether oxygens (including phenoxy) is 1. The molecule has 0 amide bonds. The van der Waals surface area contributed by atoms with Crippen molar-refractivity contribution in [2.75, 3.05) is 0 Å². The van der Waals surface area contributed by atoms with E-state index >= 15 is 0 Å². The summed E-state index contributed by atoms with van der Waals surface area (Å²) in [4.78, 5) is 20.0. The van der Waals surface area contributed by atoms with Crippen molar-refractivity contribution in [3.63, 3.8) is 0 Å². The van der Waals surface area contributed by atoms with Crippen molar-refractivity contribution in [1.29, 1.82) is 0 Å². The Kier molecular flexibility index (Phi) is 2.28. The number of halogens is 2. The molecule has 0 aromatic heterocycles. The molecule has 1 rings (SSSR count). The van der Waals surface area contributed by atoms with Crippen LogP contribution in [0.25, 0.3) is 0 Å². The van der Waals surface area contributed by atoms with Gasteiger partial charge in [0.15, 0.2) is 0 Å². The Hall–Kier alpha value is -0.840. The fourth-order valence-electron chi connectivity index (χ4n) is 0.971. The lowest BCUT2D eigenvalue weighted by atomic mass is 10.2. The zero-order chi connectivity index (χ0) is 8.43. The predicted molar refractivity (Wildman–Crippen MR) is 30.1 cm³/mol. The van der Waals surface area contributed by atoms with Crippen LogP contribution in [0.2, 0.25) is 0 Å². The molecule has 2 atom stereocenters. The molecule has 0 saturated carbocycles. The molecule has 5 heteroatoms. The zero-order valence-corrected chi connectivity index (χ0v) is 5.55. The second kappa shape index (κ2) is 3.04. The van der Waals surface area contributed by atoms with Crippen LogP contribution in [0, 0.1) is 0 Å². The summed E-state index contributed by atoms with van der Waals surface area (Å²) in [6.45, 7) is 0. The van der Waals surface area contributed by atoms with Crippen molar-refractivity contribution >= 4 is 12.1 Å². The van der Waals surface area contributed by atoms with Gasteiger partial charge in [0.05, 0.1) is 0 Å². The Morgan fingerprint density at radius 3 is 1.64 bits per heavy atom. The summed E-state index contributed by atoms with van der Waals surface area (Å²) < 4.78 is 28.1. The van der Waals surface area contributed by atoms with Crippen LogP contribution in [0.3, 0.4) is 0 Å². The van der Waals surface area contributed by atoms with E-state index in [2.05, 4.69) is 4.74 Å². The van der Waals surface area contributed by atoms with Gasteiger partial charge in [-0.3, -0.25) is 9.59 Å². The molecule has 1 aliphatic heterocycles. The quantitative estimate of drug-likeness (QED) is 0.559. The highest BCUT2D eigenvalue weighted by Gasteiger charge is 2.34. The molecule has 0 aromatic carbocycles. The summed E-state index contributed by atoms with van der Waals surface area (Å²) in [6, 6.07) is -3.29. The molecule has 0 N–H and O–H groups in total. The van der Waals surface area contributed by atoms with Gasteiger partial charge in [-0.1, -0.05) is 0 Å². The molecule has 62 valence electrons. The fourth-order valence-corrected chi connectivity index (χ4v) is 0.971. The van der Waals surface area contributed by atoms with Crippen LogP contribution < -0.4 is 0 Å².